The minimum absolute atomic E-state index is 0.0739. The number of aliphatic carboxylic acids is 1. The molecule has 0 unspecified atom stereocenters. The Morgan fingerprint density at radius 2 is 2.17 bits per heavy atom. The molecule has 0 aliphatic carbocycles. The normalized spacial score (nSPS) is 12.8. The van der Waals surface area contributed by atoms with Crippen molar-refractivity contribution >= 4 is 11.9 Å². The molecule has 68 valence electrons. The van der Waals surface area contributed by atoms with E-state index in [0.717, 1.165) is 0 Å². The summed E-state index contributed by atoms with van der Waals surface area (Å²) >= 11 is 0. The molecule has 0 bridgehead atoms. The predicted octanol–water partition coefficient (Wildman–Crippen LogP) is -1.42. The summed E-state index contributed by atoms with van der Waals surface area (Å²) in [6, 6.07) is -0.907. The van der Waals surface area contributed by atoms with Crippen LogP contribution in [0.25, 0.3) is 0 Å². The van der Waals surface area contributed by atoms with Crippen LogP contribution in [0.5, 0.6) is 0 Å². The van der Waals surface area contributed by atoms with E-state index in [0.29, 0.717) is 0 Å². The molecule has 0 rings (SSSR count). The van der Waals surface area contributed by atoms with E-state index in [9.17, 15) is 4.79 Å². The van der Waals surface area contributed by atoms with Gasteiger partial charge in [0.1, 0.15) is 6.04 Å². The van der Waals surface area contributed by atoms with Gasteiger partial charge >= 0.3 is 5.97 Å². The molecule has 0 radical (unpaired) electrons. The zero-order chi connectivity index (χ0) is 9.56. The fourth-order valence-corrected chi connectivity index (χ4v) is 0.447. The second kappa shape index (κ2) is 5.14. The molecule has 0 heterocycles. The van der Waals surface area contributed by atoms with Crippen LogP contribution in [0, 0.1) is 0 Å². The van der Waals surface area contributed by atoms with Gasteiger partial charge in [-0.05, 0) is 6.42 Å². The molecule has 0 aromatic carbocycles. The van der Waals surface area contributed by atoms with Gasteiger partial charge in [0.25, 0.3) is 0 Å². The van der Waals surface area contributed by atoms with Crippen LogP contribution in [-0.4, -0.2) is 23.1 Å². The first-order chi connectivity index (χ1) is 5.54. The van der Waals surface area contributed by atoms with Crippen molar-refractivity contribution in [3.63, 3.8) is 0 Å². The molecular formula is C6H12N4O2. The van der Waals surface area contributed by atoms with Crippen molar-refractivity contribution in [1.82, 2.24) is 0 Å². The topological polar surface area (TPSA) is 128 Å². The number of nitrogens with zero attached hydrogens (tertiary/aromatic N) is 1. The maximum Gasteiger partial charge on any atom is 0.320 e. The van der Waals surface area contributed by atoms with Gasteiger partial charge in [-0.1, -0.05) is 6.08 Å². The van der Waals surface area contributed by atoms with Crippen molar-refractivity contribution in [2.24, 2.45) is 22.2 Å². The molecule has 1 atom stereocenters. The predicted molar refractivity (Wildman–Crippen MR) is 45.2 cm³/mol. The Morgan fingerprint density at radius 1 is 1.58 bits per heavy atom. The smallest absolute Gasteiger partial charge is 0.320 e. The van der Waals surface area contributed by atoms with E-state index in [1.54, 1.807) is 0 Å². The first kappa shape index (κ1) is 10.4. The highest BCUT2D eigenvalue weighted by Gasteiger charge is 2.07. The molecule has 0 saturated heterocycles. The lowest BCUT2D eigenvalue weighted by molar-refractivity contribution is -0.138. The van der Waals surface area contributed by atoms with Crippen molar-refractivity contribution in [2.45, 2.75) is 12.5 Å². The summed E-state index contributed by atoms with van der Waals surface area (Å²) < 4.78 is 0. The lowest BCUT2D eigenvalue weighted by Crippen LogP contribution is -2.29. The quantitative estimate of drug-likeness (QED) is 0.305. The van der Waals surface area contributed by atoms with Gasteiger partial charge in [-0.3, -0.25) is 4.79 Å². The summed E-state index contributed by atoms with van der Waals surface area (Å²) in [5.74, 6) is -1.13. The van der Waals surface area contributed by atoms with Crippen LogP contribution < -0.4 is 17.2 Å². The van der Waals surface area contributed by atoms with Crippen molar-refractivity contribution in [3.05, 3.63) is 12.3 Å². The zero-order valence-corrected chi connectivity index (χ0v) is 6.47. The molecule has 0 aromatic rings. The Kier molecular flexibility index (Phi) is 4.47. The van der Waals surface area contributed by atoms with Crippen LogP contribution >= 0.6 is 0 Å². The van der Waals surface area contributed by atoms with E-state index in [4.69, 9.17) is 22.3 Å². The third kappa shape index (κ3) is 5.24. The van der Waals surface area contributed by atoms with Crippen LogP contribution in [0.1, 0.15) is 6.42 Å². The summed E-state index contributed by atoms with van der Waals surface area (Å²) in [5.41, 5.74) is 15.2. The van der Waals surface area contributed by atoms with Crippen LogP contribution in [0.4, 0.5) is 0 Å². The molecule has 0 spiro atoms. The largest absolute Gasteiger partial charge is 0.480 e. The molecular weight excluding hydrogens is 160 g/mol. The Balaban J connectivity index is 3.75. The second-order valence-electron chi connectivity index (χ2n) is 2.12. The Hall–Kier alpha value is -1.56. The first-order valence-corrected chi connectivity index (χ1v) is 3.26. The highest BCUT2D eigenvalue weighted by atomic mass is 16.4. The standard InChI is InChI=1S/C6H12N4O2/c7-4(5(11)12)2-1-3-10-6(8)9/h1,3-4H,2,7H2,(H,11,12)(H4,8,9,10)/b3-1+/t4-/m0/s1. The van der Waals surface area contributed by atoms with Crippen LogP contribution in [0.15, 0.2) is 17.3 Å². The van der Waals surface area contributed by atoms with Gasteiger partial charge in [0.15, 0.2) is 5.96 Å². The average Bonchev–Trinajstić information content (AvgIpc) is 1.97. The fourth-order valence-electron chi connectivity index (χ4n) is 0.447. The van der Waals surface area contributed by atoms with Crippen LogP contribution in [-0.2, 0) is 4.79 Å². The number of nitrogens with two attached hydrogens (primary N) is 3. The fraction of sp³-hybridized carbons (Fsp3) is 0.333. The third-order valence-corrected chi connectivity index (χ3v) is 1.04. The van der Waals surface area contributed by atoms with Gasteiger partial charge in [0.05, 0.1) is 0 Å². The maximum absolute atomic E-state index is 10.2. The molecule has 0 aliphatic rings. The summed E-state index contributed by atoms with van der Waals surface area (Å²) in [4.78, 5) is 13.7. The molecule has 0 fully saturated rings. The van der Waals surface area contributed by atoms with E-state index < -0.39 is 12.0 Å². The Labute approximate surface area is 69.7 Å². The summed E-state index contributed by atoms with van der Waals surface area (Å²) in [7, 11) is 0. The van der Waals surface area contributed by atoms with Gasteiger partial charge in [0, 0.05) is 6.20 Å². The molecule has 12 heavy (non-hydrogen) atoms. The molecule has 0 amide bonds. The zero-order valence-electron chi connectivity index (χ0n) is 6.47. The monoisotopic (exact) mass is 172 g/mol. The van der Waals surface area contributed by atoms with E-state index in [-0.39, 0.29) is 12.4 Å². The summed E-state index contributed by atoms with van der Waals surface area (Å²) in [6.45, 7) is 0. The third-order valence-electron chi connectivity index (χ3n) is 1.04. The van der Waals surface area contributed by atoms with E-state index in [1.165, 1.54) is 12.3 Å². The molecule has 6 nitrogen and oxygen atoms in total. The molecule has 0 saturated carbocycles. The minimum atomic E-state index is -1.05. The van der Waals surface area contributed by atoms with Gasteiger partial charge in [0.2, 0.25) is 0 Å². The number of carboxylic acids is 1. The summed E-state index contributed by atoms with van der Waals surface area (Å²) in [6.07, 6.45) is 3.00. The van der Waals surface area contributed by atoms with E-state index >= 15 is 0 Å². The van der Waals surface area contributed by atoms with Crippen LogP contribution in [0.2, 0.25) is 0 Å². The van der Waals surface area contributed by atoms with Crippen molar-refractivity contribution in [2.75, 3.05) is 0 Å². The summed E-state index contributed by atoms with van der Waals surface area (Å²) in [5, 5.41) is 8.35. The second-order valence-corrected chi connectivity index (χ2v) is 2.12. The first-order valence-electron chi connectivity index (χ1n) is 3.26. The van der Waals surface area contributed by atoms with Crippen molar-refractivity contribution in [1.29, 1.82) is 0 Å². The Morgan fingerprint density at radius 3 is 2.58 bits per heavy atom. The van der Waals surface area contributed by atoms with E-state index in [1.807, 2.05) is 0 Å². The molecule has 0 aliphatic heterocycles. The lowest BCUT2D eigenvalue weighted by atomic mass is 10.2. The van der Waals surface area contributed by atoms with Crippen LogP contribution in [0.3, 0.4) is 0 Å². The minimum Gasteiger partial charge on any atom is -0.480 e. The Bertz CT molecular complexity index is 208. The number of rotatable bonds is 4. The highest BCUT2D eigenvalue weighted by Crippen LogP contribution is 1.89. The average molecular weight is 172 g/mol. The van der Waals surface area contributed by atoms with Crippen molar-refractivity contribution in [3.8, 4) is 0 Å². The highest BCUT2D eigenvalue weighted by molar-refractivity contribution is 5.76. The maximum atomic E-state index is 10.2. The molecule has 7 N–H and O–H groups in total. The van der Waals surface area contributed by atoms with E-state index in [2.05, 4.69) is 4.99 Å². The SMILES string of the molecule is NC(N)=N/C=C/C[C@H](N)C(=O)O. The van der Waals surface area contributed by atoms with Crippen molar-refractivity contribution < 1.29 is 9.90 Å². The number of hydrogen-bond acceptors (Lipinski definition) is 3. The van der Waals surface area contributed by atoms with Gasteiger partial charge in [-0.2, -0.15) is 0 Å². The number of guanidine groups is 1. The van der Waals surface area contributed by atoms with Gasteiger partial charge in [-0.15, -0.1) is 0 Å². The number of carbonyl (C=O) groups is 1. The van der Waals surface area contributed by atoms with Gasteiger partial charge in [-0.25, -0.2) is 4.99 Å². The lowest BCUT2D eigenvalue weighted by Gasteiger charge is -1.99. The number of carboxylic acid groups (broad SMARTS) is 1. The number of hydrogen-bond donors (Lipinski definition) is 4. The van der Waals surface area contributed by atoms with Gasteiger partial charge < -0.3 is 22.3 Å². The molecule has 0 aromatic heterocycles. The number of aliphatic imine (C=N–C) groups is 1. The molecule has 6 heteroatoms.